The number of para-hydroxylation sites is 2. The number of hydrogen-bond acceptors (Lipinski definition) is 8. The van der Waals surface area contributed by atoms with E-state index < -0.39 is 0 Å². The van der Waals surface area contributed by atoms with Crippen LogP contribution in [-0.2, 0) is 16.1 Å². The van der Waals surface area contributed by atoms with Crippen LogP contribution in [0, 0.1) is 16.0 Å². The lowest BCUT2D eigenvalue weighted by Gasteiger charge is -2.32. The largest absolute Gasteiger partial charge is 0.459 e. The average molecular weight is 413 g/mol. The van der Waals surface area contributed by atoms with E-state index in [0.717, 1.165) is 4.88 Å². The molecular formula is C20H19N3O5S. The first-order valence-electron chi connectivity index (χ1n) is 9.25. The molecule has 0 saturated carbocycles. The number of carbonyl (C=O) groups excluding carboxylic acids is 1. The Bertz CT molecular complexity index is 993. The quantitative estimate of drug-likeness (QED) is 0.338. The summed E-state index contributed by atoms with van der Waals surface area (Å²) in [6, 6.07) is 10.5. The first kappa shape index (κ1) is 19.1. The second kappa shape index (κ2) is 8.44. The lowest BCUT2D eigenvalue weighted by Crippen LogP contribution is -2.37. The minimum Gasteiger partial charge on any atom is -0.459 e. The number of esters is 1. The zero-order chi connectivity index (χ0) is 20.2. The van der Waals surface area contributed by atoms with Gasteiger partial charge in [-0.05, 0) is 30.4 Å². The van der Waals surface area contributed by atoms with E-state index in [1.54, 1.807) is 18.2 Å². The van der Waals surface area contributed by atoms with Crippen molar-refractivity contribution in [2.45, 2.75) is 19.4 Å². The monoisotopic (exact) mass is 413 g/mol. The number of ether oxygens (including phenoxy) is 1. The summed E-state index contributed by atoms with van der Waals surface area (Å²) in [4.78, 5) is 30.5. The van der Waals surface area contributed by atoms with Crippen molar-refractivity contribution in [1.82, 2.24) is 4.98 Å². The lowest BCUT2D eigenvalue weighted by atomic mass is 9.96. The Morgan fingerprint density at radius 1 is 1.28 bits per heavy atom. The summed E-state index contributed by atoms with van der Waals surface area (Å²) >= 11 is 1.53. The van der Waals surface area contributed by atoms with Gasteiger partial charge in [-0.2, -0.15) is 0 Å². The fourth-order valence-corrected chi connectivity index (χ4v) is 4.05. The lowest BCUT2D eigenvalue weighted by molar-refractivity contribution is -0.384. The van der Waals surface area contributed by atoms with E-state index in [1.807, 2.05) is 22.4 Å². The van der Waals surface area contributed by atoms with Crippen LogP contribution in [-0.4, -0.2) is 29.0 Å². The second-order valence-electron chi connectivity index (χ2n) is 6.74. The molecule has 0 aliphatic carbocycles. The highest BCUT2D eigenvalue weighted by Crippen LogP contribution is 2.31. The minimum atomic E-state index is -0.377. The van der Waals surface area contributed by atoms with Crippen molar-refractivity contribution in [2.75, 3.05) is 18.0 Å². The first-order valence-corrected chi connectivity index (χ1v) is 10.1. The van der Waals surface area contributed by atoms with Crippen LogP contribution in [0.1, 0.15) is 18.5 Å². The Hall–Kier alpha value is -3.20. The number of aromatic nitrogens is 1. The van der Waals surface area contributed by atoms with Crippen LogP contribution in [0.2, 0.25) is 0 Å². The van der Waals surface area contributed by atoms with Gasteiger partial charge in [-0.1, -0.05) is 18.2 Å². The first-order chi connectivity index (χ1) is 14.1. The smallest absolute Gasteiger partial charge is 0.309 e. The molecule has 3 heterocycles. The number of carbonyl (C=O) groups is 1. The van der Waals surface area contributed by atoms with Gasteiger partial charge >= 0.3 is 5.97 Å². The molecule has 0 amide bonds. The fraction of sp³-hybridized carbons (Fsp3) is 0.300. The molecule has 1 aliphatic rings. The molecule has 0 atom stereocenters. The molecule has 0 radical (unpaired) electrons. The normalized spacial score (nSPS) is 14.7. The van der Waals surface area contributed by atoms with E-state index in [4.69, 9.17) is 9.15 Å². The predicted molar refractivity (Wildman–Crippen MR) is 108 cm³/mol. The number of rotatable bonds is 6. The van der Waals surface area contributed by atoms with Gasteiger partial charge < -0.3 is 14.1 Å². The van der Waals surface area contributed by atoms with Gasteiger partial charge in [0.2, 0.25) is 5.89 Å². The Balaban J connectivity index is 1.30. The average Bonchev–Trinajstić information content (AvgIpc) is 3.44. The highest BCUT2D eigenvalue weighted by atomic mass is 32.1. The van der Waals surface area contributed by atoms with Crippen molar-refractivity contribution in [3.05, 3.63) is 63.8 Å². The standard InChI is InChI=1S/C20H19N3O5S/c24-20(28-13-15-12-27-19(21-15)18-6-3-11-29-18)14-7-9-22(10-8-14)16-4-1-2-5-17(16)23(25)26/h1-6,11-12,14H,7-10,13H2. The number of nitro benzene ring substituents is 1. The summed E-state index contributed by atoms with van der Waals surface area (Å²) in [5, 5.41) is 13.2. The maximum absolute atomic E-state index is 12.4. The Kier molecular flexibility index (Phi) is 5.57. The zero-order valence-electron chi connectivity index (χ0n) is 15.5. The Morgan fingerprint density at radius 2 is 2.07 bits per heavy atom. The molecule has 9 heteroatoms. The van der Waals surface area contributed by atoms with E-state index in [2.05, 4.69) is 4.98 Å². The maximum atomic E-state index is 12.4. The van der Waals surface area contributed by atoms with Crippen molar-refractivity contribution in [3.63, 3.8) is 0 Å². The third kappa shape index (κ3) is 4.29. The number of oxazole rings is 1. The molecule has 0 N–H and O–H groups in total. The summed E-state index contributed by atoms with van der Waals surface area (Å²) in [6.45, 7) is 1.20. The van der Waals surface area contributed by atoms with Gasteiger partial charge in [0.25, 0.3) is 5.69 Å². The van der Waals surface area contributed by atoms with Crippen LogP contribution in [0.5, 0.6) is 0 Å². The number of piperidine rings is 1. The van der Waals surface area contributed by atoms with E-state index >= 15 is 0 Å². The van der Waals surface area contributed by atoms with Gasteiger partial charge in [-0.25, -0.2) is 4.98 Å². The van der Waals surface area contributed by atoms with Crippen LogP contribution in [0.25, 0.3) is 10.8 Å². The highest BCUT2D eigenvalue weighted by Gasteiger charge is 2.29. The predicted octanol–water partition coefficient (Wildman–Crippen LogP) is 4.27. The molecule has 0 bridgehead atoms. The molecule has 8 nitrogen and oxygen atoms in total. The summed E-state index contributed by atoms with van der Waals surface area (Å²) in [6.07, 6.45) is 2.67. The molecule has 150 valence electrons. The number of benzene rings is 1. The molecule has 29 heavy (non-hydrogen) atoms. The van der Waals surface area contributed by atoms with Crippen LogP contribution in [0.15, 0.2) is 52.5 Å². The number of hydrogen-bond donors (Lipinski definition) is 0. The molecule has 1 aromatic carbocycles. The van der Waals surface area contributed by atoms with Gasteiger partial charge in [-0.15, -0.1) is 11.3 Å². The van der Waals surface area contributed by atoms with Crippen LogP contribution in [0.4, 0.5) is 11.4 Å². The van der Waals surface area contributed by atoms with Crippen molar-refractivity contribution in [2.24, 2.45) is 5.92 Å². The molecular weight excluding hydrogens is 394 g/mol. The number of nitro groups is 1. The summed E-state index contributed by atoms with van der Waals surface area (Å²) in [5.74, 6) is 0.0226. The van der Waals surface area contributed by atoms with Gasteiger partial charge in [0.15, 0.2) is 0 Å². The van der Waals surface area contributed by atoms with Crippen LogP contribution < -0.4 is 4.90 Å². The summed E-state index contributed by atoms with van der Waals surface area (Å²) in [7, 11) is 0. The molecule has 2 aromatic heterocycles. The van der Waals surface area contributed by atoms with Gasteiger partial charge in [0.1, 0.15) is 24.3 Å². The maximum Gasteiger partial charge on any atom is 0.309 e. The third-order valence-corrected chi connectivity index (χ3v) is 5.75. The SMILES string of the molecule is O=C(OCc1coc(-c2cccs2)n1)C1CCN(c2ccccc2[N+](=O)[O-])CC1. The summed E-state index contributed by atoms with van der Waals surface area (Å²) < 4.78 is 10.8. The molecule has 0 spiro atoms. The van der Waals surface area contributed by atoms with Crippen LogP contribution in [0.3, 0.4) is 0 Å². The van der Waals surface area contributed by atoms with Crippen molar-refractivity contribution < 1.29 is 18.9 Å². The topological polar surface area (TPSA) is 98.7 Å². The number of anilines is 1. The van der Waals surface area contributed by atoms with Crippen LogP contribution >= 0.6 is 11.3 Å². The van der Waals surface area contributed by atoms with Crippen molar-refractivity contribution >= 4 is 28.7 Å². The molecule has 1 aliphatic heterocycles. The molecule has 0 unspecified atom stereocenters. The highest BCUT2D eigenvalue weighted by molar-refractivity contribution is 7.13. The van der Waals surface area contributed by atoms with Gasteiger partial charge in [-0.3, -0.25) is 14.9 Å². The zero-order valence-corrected chi connectivity index (χ0v) is 16.3. The fourth-order valence-electron chi connectivity index (χ4n) is 3.39. The minimum absolute atomic E-state index is 0.0675. The van der Waals surface area contributed by atoms with E-state index in [0.29, 0.717) is 43.2 Å². The van der Waals surface area contributed by atoms with Crippen molar-refractivity contribution in [1.29, 1.82) is 0 Å². The Labute approximate surface area is 170 Å². The third-order valence-electron chi connectivity index (χ3n) is 4.89. The Morgan fingerprint density at radius 3 is 2.79 bits per heavy atom. The van der Waals surface area contributed by atoms with Gasteiger partial charge in [0.05, 0.1) is 15.7 Å². The molecule has 3 aromatic rings. The van der Waals surface area contributed by atoms with Crippen molar-refractivity contribution in [3.8, 4) is 10.8 Å². The van der Waals surface area contributed by atoms with E-state index in [9.17, 15) is 14.9 Å². The molecule has 1 fully saturated rings. The second-order valence-corrected chi connectivity index (χ2v) is 7.68. The molecule has 4 rings (SSSR count). The van der Waals surface area contributed by atoms with Gasteiger partial charge in [0, 0.05) is 19.2 Å². The number of thiophene rings is 1. The molecule has 1 saturated heterocycles. The van der Waals surface area contributed by atoms with E-state index in [1.165, 1.54) is 23.7 Å². The summed E-state index contributed by atoms with van der Waals surface area (Å²) in [5.41, 5.74) is 1.24. The number of nitrogens with zero attached hydrogens (tertiary/aromatic N) is 3. The van der Waals surface area contributed by atoms with E-state index in [-0.39, 0.29) is 29.1 Å².